The molecule has 0 saturated carbocycles. The molecule has 1 aliphatic rings. The third kappa shape index (κ3) is 2.31. The van der Waals surface area contributed by atoms with Crippen LogP contribution in [0.4, 0.5) is 8.78 Å². The monoisotopic (exact) mass is 341 g/mol. The van der Waals surface area contributed by atoms with E-state index in [9.17, 15) is 8.78 Å². The molecule has 3 nitrogen and oxygen atoms in total. The first-order valence-corrected chi connectivity index (χ1v) is 6.95. The van der Waals surface area contributed by atoms with Crippen LogP contribution in [0, 0.1) is 22.6 Å². The van der Waals surface area contributed by atoms with E-state index in [1.54, 1.807) is 13.0 Å². The summed E-state index contributed by atoms with van der Waals surface area (Å²) >= 11 is 3.25. The van der Waals surface area contributed by atoms with Gasteiger partial charge in [-0.3, -0.25) is 4.99 Å². The molecular formula is C14H14BrF2N3. The largest absolute Gasteiger partial charge is 0.386 e. The van der Waals surface area contributed by atoms with Crippen molar-refractivity contribution in [1.29, 1.82) is 5.26 Å². The van der Waals surface area contributed by atoms with Crippen LogP contribution >= 0.6 is 15.9 Å². The molecule has 0 saturated heterocycles. The number of nitrogens with zero attached hydrogens (tertiary/aromatic N) is 2. The van der Waals surface area contributed by atoms with Crippen molar-refractivity contribution in [2.45, 2.75) is 25.3 Å². The number of amidine groups is 1. The molecule has 0 aliphatic carbocycles. The number of alkyl halides is 1. The van der Waals surface area contributed by atoms with Gasteiger partial charge >= 0.3 is 0 Å². The Hall–Kier alpha value is -1.48. The molecular weight excluding hydrogens is 328 g/mol. The van der Waals surface area contributed by atoms with Crippen molar-refractivity contribution in [2.24, 2.45) is 16.1 Å². The fourth-order valence-electron chi connectivity index (χ4n) is 2.33. The molecule has 1 aromatic carbocycles. The number of hydrogen-bond donors (Lipinski definition) is 1. The number of aliphatic imine (C=N–C) groups is 1. The summed E-state index contributed by atoms with van der Waals surface area (Å²) in [5.41, 5.74) is 3.74. The van der Waals surface area contributed by atoms with Crippen LogP contribution in [0.15, 0.2) is 27.7 Å². The highest BCUT2D eigenvalue weighted by molar-refractivity contribution is 9.10. The van der Waals surface area contributed by atoms with E-state index >= 15 is 0 Å². The van der Waals surface area contributed by atoms with Gasteiger partial charge in [0.2, 0.25) is 0 Å². The summed E-state index contributed by atoms with van der Waals surface area (Å²) in [7, 11) is 0. The van der Waals surface area contributed by atoms with Crippen LogP contribution in [0.2, 0.25) is 0 Å². The smallest absolute Gasteiger partial charge is 0.129 e. The highest BCUT2D eigenvalue weighted by Gasteiger charge is 2.44. The van der Waals surface area contributed by atoms with E-state index in [2.05, 4.69) is 27.0 Å². The second-order valence-electron chi connectivity index (χ2n) is 5.23. The minimum atomic E-state index is -1.34. The number of rotatable bonds is 2. The second kappa shape index (κ2) is 5.13. The zero-order valence-electron chi connectivity index (χ0n) is 11.0. The molecule has 0 radical (unpaired) electrons. The molecule has 20 heavy (non-hydrogen) atoms. The van der Waals surface area contributed by atoms with Crippen molar-refractivity contribution in [3.05, 3.63) is 34.1 Å². The van der Waals surface area contributed by atoms with Crippen molar-refractivity contribution < 1.29 is 8.78 Å². The molecule has 1 aromatic rings. The van der Waals surface area contributed by atoms with Gasteiger partial charge in [0, 0.05) is 10.0 Å². The Bertz CT molecular complexity index is 611. The van der Waals surface area contributed by atoms with Crippen molar-refractivity contribution >= 4 is 21.8 Å². The van der Waals surface area contributed by atoms with Gasteiger partial charge in [-0.25, -0.2) is 8.78 Å². The standard InChI is InChI=1S/C14H14BrF2N3/c1-13(8-18)4-5-14(7-16,20-12(13)19)10-6-9(15)2-3-11(10)17/h2-3,6H,4-5,7H2,1H3,(H2,19,20)/t13?,14-/m1/s1. The van der Waals surface area contributed by atoms with Gasteiger partial charge in [0.25, 0.3) is 0 Å². The number of nitrogens with two attached hydrogens (primary N) is 1. The van der Waals surface area contributed by atoms with Crippen LogP contribution in [0.25, 0.3) is 0 Å². The first-order chi connectivity index (χ1) is 9.37. The first kappa shape index (κ1) is 14.9. The Morgan fingerprint density at radius 3 is 2.75 bits per heavy atom. The molecule has 1 unspecified atom stereocenters. The molecule has 0 fully saturated rings. The summed E-state index contributed by atoms with van der Waals surface area (Å²) in [5.74, 6) is -0.466. The summed E-state index contributed by atoms with van der Waals surface area (Å²) in [5, 5.41) is 9.15. The van der Waals surface area contributed by atoms with Gasteiger partial charge in [0.1, 0.15) is 29.3 Å². The number of hydrogen-bond acceptors (Lipinski definition) is 3. The fraction of sp³-hybridized carbons (Fsp3) is 0.429. The van der Waals surface area contributed by atoms with Crippen LogP contribution in [0.1, 0.15) is 25.3 Å². The molecule has 0 aromatic heterocycles. The lowest BCUT2D eigenvalue weighted by Crippen LogP contribution is -2.44. The van der Waals surface area contributed by atoms with Gasteiger partial charge in [0.05, 0.1) is 6.07 Å². The predicted molar refractivity (Wildman–Crippen MR) is 76.3 cm³/mol. The summed E-state index contributed by atoms with van der Waals surface area (Å²) < 4.78 is 28.3. The molecule has 1 heterocycles. The Kier molecular flexibility index (Phi) is 3.83. The van der Waals surface area contributed by atoms with E-state index in [1.807, 2.05) is 0 Å². The topological polar surface area (TPSA) is 62.2 Å². The van der Waals surface area contributed by atoms with Gasteiger partial charge in [-0.15, -0.1) is 0 Å². The number of nitriles is 1. The summed E-state index contributed by atoms with van der Waals surface area (Å²) in [4.78, 5) is 4.16. The summed E-state index contributed by atoms with van der Waals surface area (Å²) in [6.45, 7) is 0.799. The Morgan fingerprint density at radius 1 is 1.50 bits per heavy atom. The van der Waals surface area contributed by atoms with E-state index in [1.165, 1.54) is 12.1 Å². The van der Waals surface area contributed by atoms with Crippen LogP contribution in [0.3, 0.4) is 0 Å². The van der Waals surface area contributed by atoms with E-state index in [4.69, 9.17) is 11.0 Å². The van der Waals surface area contributed by atoms with Crippen molar-refractivity contribution in [2.75, 3.05) is 6.67 Å². The van der Waals surface area contributed by atoms with Crippen LogP contribution in [-0.2, 0) is 5.54 Å². The minimum absolute atomic E-state index is 0.0586. The van der Waals surface area contributed by atoms with E-state index in [0.717, 1.165) is 0 Å². The van der Waals surface area contributed by atoms with Gasteiger partial charge < -0.3 is 5.73 Å². The third-order valence-corrected chi connectivity index (χ3v) is 4.33. The molecule has 2 rings (SSSR count). The van der Waals surface area contributed by atoms with Gasteiger partial charge in [0.15, 0.2) is 0 Å². The quantitative estimate of drug-likeness (QED) is 0.895. The minimum Gasteiger partial charge on any atom is -0.386 e. The van der Waals surface area contributed by atoms with Crippen molar-refractivity contribution in [1.82, 2.24) is 0 Å². The molecule has 6 heteroatoms. The van der Waals surface area contributed by atoms with Crippen LogP contribution < -0.4 is 5.73 Å². The fourth-order valence-corrected chi connectivity index (χ4v) is 2.69. The summed E-state index contributed by atoms with van der Waals surface area (Å²) in [6.07, 6.45) is 0.580. The van der Waals surface area contributed by atoms with E-state index in [0.29, 0.717) is 10.9 Å². The molecule has 0 spiro atoms. The summed E-state index contributed by atoms with van der Waals surface area (Å²) in [6, 6.07) is 6.41. The number of benzene rings is 1. The Morgan fingerprint density at radius 2 is 2.20 bits per heavy atom. The zero-order chi connectivity index (χ0) is 15.0. The molecule has 2 N–H and O–H groups in total. The van der Waals surface area contributed by atoms with Gasteiger partial charge in [-0.05, 0) is 38.0 Å². The molecule has 106 valence electrons. The normalized spacial score (nSPS) is 29.6. The lowest BCUT2D eigenvalue weighted by atomic mass is 9.74. The highest BCUT2D eigenvalue weighted by Crippen LogP contribution is 2.42. The molecule has 0 amide bonds. The molecule has 2 atom stereocenters. The van der Waals surface area contributed by atoms with Crippen molar-refractivity contribution in [3.8, 4) is 6.07 Å². The first-order valence-electron chi connectivity index (χ1n) is 6.15. The molecule has 0 bridgehead atoms. The maximum Gasteiger partial charge on any atom is 0.129 e. The second-order valence-corrected chi connectivity index (χ2v) is 6.15. The van der Waals surface area contributed by atoms with E-state index < -0.39 is 23.4 Å². The average molecular weight is 342 g/mol. The van der Waals surface area contributed by atoms with Crippen molar-refractivity contribution in [3.63, 3.8) is 0 Å². The van der Waals surface area contributed by atoms with E-state index in [-0.39, 0.29) is 17.8 Å². The number of halogens is 3. The molecule has 1 aliphatic heterocycles. The average Bonchev–Trinajstić information content (AvgIpc) is 2.45. The van der Waals surface area contributed by atoms with Crippen LogP contribution in [-0.4, -0.2) is 12.5 Å². The third-order valence-electron chi connectivity index (χ3n) is 3.84. The predicted octanol–water partition coefficient (Wildman–Crippen LogP) is 3.43. The SMILES string of the molecule is CC1(C#N)CC[C@@](CF)(c2cc(Br)ccc2F)N=C1N. The Labute approximate surface area is 124 Å². The highest BCUT2D eigenvalue weighted by atomic mass is 79.9. The maximum atomic E-state index is 14.0. The Balaban J connectivity index is 2.58. The zero-order valence-corrected chi connectivity index (χ0v) is 12.5. The van der Waals surface area contributed by atoms with Crippen LogP contribution in [0.5, 0.6) is 0 Å². The van der Waals surface area contributed by atoms with Gasteiger partial charge in [-0.2, -0.15) is 5.26 Å². The lowest BCUT2D eigenvalue weighted by Gasteiger charge is -2.37. The van der Waals surface area contributed by atoms with Gasteiger partial charge in [-0.1, -0.05) is 15.9 Å². The lowest BCUT2D eigenvalue weighted by molar-refractivity contribution is 0.249. The maximum absolute atomic E-state index is 14.0.